The third-order valence-electron chi connectivity index (χ3n) is 4.41. The summed E-state index contributed by atoms with van der Waals surface area (Å²) in [6.45, 7) is 2.62. The second kappa shape index (κ2) is 7.83. The topological polar surface area (TPSA) is 12.0 Å². The molecule has 1 fully saturated rings. The van der Waals surface area contributed by atoms with E-state index in [1.807, 2.05) is 6.92 Å². The Labute approximate surface area is 124 Å². The van der Waals surface area contributed by atoms with Crippen LogP contribution in [0, 0.1) is 23.4 Å². The standard InChI is InChI=1S/C17H24F3N/c1-2-21-17(9-12-7-5-3-4-6-8-12)13-10-15(19)16(20)11-14(13)18/h10-12,17,21H,2-9H2,1H3. The molecule has 1 aromatic carbocycles. The number of halogens is 3. The second-order valence-corrected chi connectivity index (χ2v) is 5.99. The highest BCUT2D eigenvalue weighted by Crippen LogP contribution is 2.32. The first-order chi connectivity index (χ1) is 10.1. The fourth-order valence-corrected chi connectivity index (χ4v) is 3.30. The van der Waals surface area contributed by atoms with Gasteiger partial charge in [0.15, 0.2) is 11.6 Å². The number of nitrogens with one attached hydrogen (secondary N) is 1. The lowest BCUT2D eigenvalue weighted by Gasteiger charge is -2.24. The van der Waals surface area contributed by atoms with Crippen molar-refractivity contribution >= 4 is 0 Å². The molecule has 1 aliphatic rings. The van der Waals surface area contributed by atoms with Gasteiger partial charge in [-0.15, -0.1) is 0 Å². The molecule has 4 heteroatoms. The maximum Gasteiger partial charge on any atom is 0.161 e. The molecular formula is C17H24F3N. The second-order valence-electron chi connectivity index (χ2n) is 5.99. The van der Waals surface area contributed by atoms with E-state index in [4.69, 9.17) is 0 Å². The maximum atomic E-state index is 14.0. The van der Waals surface area contributed by atoms with E-state index < -0.39 is 17.5 Å². The quantitative estimate of drug-likeness (QED) is 0.588. The van der Waals surface area contributed by atoms with Crippen molar-refractivity contribution in [1.82, 2.24) is 5.32 Å². The first kappa shape index (κ1) is 16.3. The summed E-state index contributed by atoms with van der Waals surface area (Å²) in [6.07, 6.45) is 8.04. The van der Waals surface area contributed by atoms with E-state index in [-0.39, 0.29) is 11.6 Å². The Kier molecular flexibility index (Phi) is 6.09. The third-order valence-corrected chi connectivity index (χ3v) is 4.41. The van der Waals surface area contributed by atoms with Crippen LogP contribution in [0.3, 0.4) is 0 Å². The third kappa shape index (κ3) is 4.47. The molecule has 0 aliphatic heterocycles. The van der Waals surface area contributed by atoms with E-state index in [1.165, 1.54) is 25.7 Å². The van der Waals surface area contributed by atoms with Crippen molar-refractivity contribution in [3.8, 4) is 0 Å². The predicted octanol–water partition coefficient (Wildman–Crippen LogP) is 5.12. The minimum absolute atomic E-state index is 0.242. The number of benzene rings is 1. The first-order valence-corrected chi connectivity index (χ1v) is 7.99. The van der Waals surface area contributed by atoms with Gasteiger partial charge in [-0.3, -0.25) is 0 Å². The summed E-state index contributed by atoms with van der Waals surface area (Å²) in [5.41, 5.74) is 0.250. The molecule has 0 heterocycles. The molecule has 1 aliphatic carbocycles. The molecule has 0 saturated heterocycles. The maximum absolute atomic E-state index is 14.0. The van der Waals surface area contributed by atoms with Crippen LogP contribution >= 0.6 is 0 Å². The zero-order valence-corrected chi connectivity index (χ0v) is 12.6. The fraction of sp³-hybridized carbons (Fsp3) is 0.647. The Morgan fingerprint density at radius 1 is 1.00 bits per heavy atom. The van der Waals surface area contributed by atoms with Gasteiger partial charge in [0.1, 0.15) is 5.82 Å². The number of rotatable bonds is 5. The average molecular weight is 299 g/mol. The molecule has 0 spiro atoms. The van der Waals surface area contributed by atoms with Crippen molar-refractivity contribution in [1.29, 1.82) is 0 Å². The van der Waals surface area contributed by atoms with Crippen LogP contribution in [0.25, 0.3) is 0 Å². The number of hydrogen-bond donors (Lipinski definition) is 1. The van der Waals surface area contributed by atoms with E-state index in [2.05, 4.69) is 5.32 Å². The Hall–Kier alpha value is -1.03. The lowest BCUT2D eigenvalue weighted by atomic mass is 9.89. The summed E-state index contributed by atoms with van der Waals surface area (Å²) in [5, 5.41) is 3.23. The minimum Gasteiger partial charge on any atom is -0.310 e. The predicted molar refractivity (Wildman–Crippen MR) is 78.5 cm³/mol. The Morgan fingerprint density at radius 3 is 2.24 bits per heavy atom. The van der Waals surface area contributed by atoms with Crippen LogP contribution in [0.5, 0.6) is 0 Å². The molecule has 2 rings (SSSR count). The van der Waals surface area contributed by atoms with Gasteiger partial charge in [-0.1, -0.05) is 45.4 Å². The molecule has 118 valence electrons. The number of hydrogen-bond acceptors (Lipinski definition) is 1. The Bertz CT molecular complexity index is 454. The van der Waals surface area contributed by atoms with Crippen LogP contribution in [0.4, 0.5) is 13.2 Å². The van der Waals surface area contributed by atoms with Gasteiger partial charge in [0.2, 0.25) is 0 Å². The SMILES string of the molecule is CCNC(CC1CCCCCC1)c1cc(F)c(F)cc1F. The summed E-state index contributed by atoms with van der Waals surface area (Å²) < 4.78 is 40.5. The Morgan fingerprint density at radius 2 is 1.62 bits per heavy atom. The molecule has 1 N–H and O–H groups in total. The van der Waals surface area contributed by atoms with Gasteiger partial charge < -0.3 is 5.32 Å². The van der Waals surface area contributed by atoms with Crippen molar-refractivity contribution in [2.24, 2.45) is 5.92 Å². The van der Waals surface area contributed by atoms with Gasteiger partial charge >= 0.3 is 0 Å². The smallest absolute Gasteiger partial charge is 0.161 e. The summed E-state index contributed by atoms with van der Waals surface area (Å²) in [7, 11) is 0. The molecule has 0 radical (unpaired) electrons. The largest absolute Gasteiger partial charge is 0.310 e. The highest BCUT2D eigenvalue weighted by molar-refractivity contribution is 5.23. The summed E-state index contributed by atoms with van der Waals surface area (Å²) in [6, 6.07) is 1.42. The Balaban J connectivity index is 2.15. The monoisotopic (exact) mass is 299 g/mol. The zero-order chi connectivity index (χ0) is 15.2. The van der Waals surface area contributed by atoms with Gasteiger partial charge in [-0.25, -0.2) is 13.2 Å². The molecule has 1 aromatic rings. The highest BCUT2D eigenvalue weighted by atomic mass is 19.2. The minimum atomic E-state index is -1.12. The zero-order valence-electron chi connectivity index (χ0n) is 12.6. The molecule has 21 heavy (non-hydrogen) atoms. The highest BCUT2D eigenvalue weighted by Gasteiger charge is 2.22. The molecule has 1 unspecified atom stereocenters. The van der Waals surface area contributed by atoms with Gasteiger partial charge in [-0.2, -0.15) is 0 Å². The average Bonchev–Trinajstić information content (AvgIpc) is 2.71. The van der Waals surface area contributed by atoms with Crippen LogP contribution in [0.2, 0.25) is 0 Å². The van der Waals surface area contributed by atoms with Crippen molar-refractivity contribution in [3.63, 3.8) is 0 Å². The van der Waals surface area contributed by atoms with E-state index in [0.717, 1.165) is 25.3 Å². The first-order valence-electron chi connectivity index (χ1n) is 7.99. The van der Waals surface area contributed by atoms with E-state index in [1.54, 1.807) is 0 Å². The molecular weight excluding hydrogens is 275 g/mol. The van der Waals surface area contributed by atoms with E-state index in [0.29, 0.717) is 18.5 Å². The van der Waals surface area contributed by atoms with Crippen LogP contribution in [0.15, 0.2) is 12.1 Å². The molecule has 0 aromatic heterocycles. The van der Waals surface area contributed by atoms with E-state index in [9.17, 15) is 13.2 Å². The van der Waals surface area contributed by atoms with Gasteiger partial charge in [0.25, 0.3) is 0 Å². The normalized spacial score (nSPS) is 18.5. The summed E-state index contributed by atoms with van der Waals surface area (Å²) in [4.78, 5) is 0. The lowest BCUT2D eigenvalue weighted by Crippen LogP contribution is -2.25. The van der Waals surface area contributed by atoms with Crippen molar-refractivity contribution in [3.05, 3.63) is 35.1 Å². The van der Waals surface area contributed by atoms with Crippen LogP contribution in [-0.4, -0.2) is 6.54 Å². The summed E-state index contributed by atoms with van der Waals surface area (Å²) in [5.74, 6) is -2.23. The summed E-state index contributed by atoms with van der Waals surface area (Å²) >= 11 is 0. The molecule has 0 amide bonds. The van der Waals surface area contributed by atoms with Crippen molar-refractivity contribution < 1.29 is 13.2 Å². The lowest BCUT2D eigenvalue weighted by molar-refractivity contribution is 0.351. The van der Waals surface area contributed by atoms with Crippen LogP contribution in [0.1, 0.15) is 63.5 Å². The molecule has 1 saturated carbocycles. The van der Waals surface area contributed by atoms with E-state index >= 15 is 0 Å². The van der Waals surface area contributed by atoms with Crippen molar-refractivity contribution in [2.75, 3.05) is 6.54 Å². The fourth-order valence-electron chi connectivity index (χ4n) is 3.30. The molecule has 1 nitrogen and oxygen atoms in total. The van der Waals surface area contributed by atoms with Gasteiger partial charge in [0.05, 0.1) is 0 Å². The molecule has 1 atom stereocenters. The van der Waals surface area contributed by atoms with Crippen LogP contribution in [-0.2, 0) is 0 Å². The van der Waals surface area contributed by atoms with Crippen LogP contribution < -0.4 is 5.32 Å². The van der Waals surface area contributed by atoms with Gasteiger partial charge in [-0.05, 0) is 24.9 Å². The van der Waals surface area contributed by atoms with Gasteiger partial charge in [0, 0.05) is 17.7 Å². The van der Waals surface area contributed by atoms with Crippen molar-refractivity contribution in [2.45, 2.75) is 57.9 Å². The molecule has 0 bridgehead atoms.